The highest BCUT2D eigenvalue weighted by Crippen LogP contribution is 2.21. The molecule has 0 spiro atoms. The molecular weight excluding hydrogens is 260 g/mol. The summed E-state index contributed by atoms with van der Waals surface area (Å²) in [6.07, 6.45) is 1.44. The van der Waals surface area contributed by atoms with E-state index < -0.39 is 0 Å². The average molecular weight is 280 g/mol. The topological polar surface area (TPSA) is 34.1 Å². The number of benzene rings is 2. The maximum absolute atomic E-state index is 11.9. The molecule has 0 saturated heterocycles. The van der Waals surface area contributed by atoms with Crippen LogP contribution in [0.4, 0.5) is 0 Å². The van der Waals surface area contributed by atoms with Crippen LogP contribution < -0.4 is 0 Å². The standard InChI is InChI=1S/C19H20O2/c1-3-14-5-7-15(8-6-14)16-9-11-17(12-10-16)19(21)13-18(20)4-2/h5-12H,3-4,13H2,1-2H3. The average Bonchev–Trinajstić information content (AvgIpc) is 2.55. The van der Waals surface area contributed by atoms with Gasteiger partial charge in [0.05, 0.1) is 6.42 Å². The molecule has 0 heterocycles. The zero-order valence-electron chi connectivity index (χ0n) is 12.6. The van der Waals surface area contributed by atoms with E-state index in [1.165, 1.54) is 5.56 Å². The van der Waals surface area contributed by atoms with Gasteiger partial charge in [0, 0.05) is 12.0 Å². The van der Waals surface area contributed by atoms with Crippen molar-refractivity contribution in [3.63, 3.8) is 0 Å². The van der Waals surface area contributed by atoms with Crippen molar-refractivity contribution in [1.82, 2.24) is 0 Å². The van der Waals surface area contributed by atoms with Crippen LogP contribution in [0.25, 0.3) is 11.1 Å². The summed E-state index contributed by atoms with van der Waals surface area (Å²) in [5.74, 6) is -0.117. The Bertz CT molecular complexity index is 622. The maximum atomic E-state index is 11.9. The molecule has 0 aliphatic rings. The van der Waals surface area contributed by atoms with Gasteiger partial charge in [-0.2, -0.15) is 0 Å². The molecule has 2 heteroatoms. The molecule has 2 aromatic carbocycles. The van der Waals surface area contributed by atoms with Gasteiger partial charge in [0.25, 0.3) is 0 Å². The summed E-state index contributed by atoms with van der Waals surface area (Å²) in [6, 6.07) is 15.9. The van der Waals surface area contributed by atoms with Crippen molar-refractivity contribution in [2.24, 2.45) is 0 Å². The van der Waals surface area contributed by atoms with E-state index in [0.717, 1.165) is 17.5 Å². The zero-order chi connectivity index (χ0) is 15.2. The molecule has 0 atom stereocenters. The Kier molecular flexibility index (Phi) is 5.04. The van der Waals surface area contributed by atoms with Gasteiger partial charge in [0.15, 0.2) is 5.78 Å². The minimum atomic E-state index is -0.102. The molecule has 2 aromatic rings. The van der Waals surface area contributed by atoms with E-state index in [4.69, 9.17) is 0 Å². The Morgan fingerprint density at radius 3 is 1.81 bits per heavy atom. The van der Waals surface area contributed by atoms with E-state index in [1.807, 2.05) is 12.1 Å². The highest BCUT2D eigenvalue weighted by atomic mass is 16.1. The van der Waals surface area contributed by atoms with Crippen LogP contribution in [-0.4, -0.2) is 11.6 Å². The predicted octanol–water partition coefficient (Wildman–Crippen LogP) is 4.47. The maximum Gasteiger partial charge on any atom is 0.170 e. The van der Waals surface area contributed by atoms with Gasteiger partial charge in [0.2, 0.25) is 0 Å². The Morgan fingerprint density at radius 2 is 1.33 bits per heavy atom. The molecule has 0 N–H and O–H groups in total. The Labute approximate surface area is 125 Å². The van der Waals surface area contributed by atoms with E-state index in [9.17, 15) is 9.59 Å². The van der Waals surface area contributed by atoms with Crippen LogP contribution >= 0.6 is 0 Å². The Balaban J connectivity index is 2.14. The third kappa shape index (κ3) is 3.88. The van der Waals surface area contributed by atoms with E-state index >= 15 is 0 Å². The van der Waals surface area contributed by atoms with Crippen LogP contribution in [0.3, 0.4) is 0 Å². The Hall–Kier alpha value is -2.22. The van der Waals surface area contributed by atoms with Gasteiger partial charge in [-0.15, -0.1) is 0 Å². The third-order valence-electron chi connectivity index (χ3n) is 3.65. The van der Waals surface area contributed by atoms with Crippen LogP contribution in [0, 0.1) is 0 Å². The molecule has 0 amide bonds. The van der Waals surface area contributed by atoms with Gasteiger partial charge in [-0.1, -0.05) is 62.4 Å². The van der Waals surface area contributed by atoms with Crippen molar-refractivity contribution in [1.29, 1.82) is 0 Å². The van der Waals surface area contributed by atoms with Crippen LogP contribution in [-0.2, 0) is 11.2 Å². The molecule has 0 aliphatic heterocycles. The smallest absolute Gasteiger partial charge is 0.170 e. The first-order valence-corrected chi connectivity index (χ1v) is 7.38. The largest absolute Gasteiger partial charge is 0.299 e. The van der Waals surface area contributed by atoms with Crippen molar-refractivity contribution in [2.75, 3.05) is 0 Å². The van der Waals surface area contributed by atoms with Crippen molar-refractivity contribution in [3.05, 3.63) is 59.7 Å². The fourth-order valence-electron chi connectivity index (χ4n) is 2.19. The zero-order valence-corrected chi connectivity index (χ0v) is 12.6. The molecule has 21 heavy (non-hydrogen) atoms. The first-order chi connectivity index (χ1) is 10.1. The quantitative estimate of drug-likeness (QED) is 0.578. The number of ketones is 2. The summed E-state index contributed by atoms with van der Waals surface area (Å²) >= 11 is 0. The van der Waals surface area contributed by atoms with Gasteiger partial charge < -0.3 is 0 Å². The second kappa shape index (κ2) is 6.98. The second-order valence-corrected chi connectivity index (χ2v) is 5.12. The minimum absolute atomic E-state index is 0.00104. The van der Waals surface area contributed by atoms with Gasteiger partial charge in [-0.25, -0.2) is 0 Å². The first kappa shape index (κ1) is 15.2. The number of rotatable bonds is 6. The lowest BCUT2D eigenvalue weighted by molar-refractivity contribution is -0.117. The molecule has 0 fully saturated rings. The third-order valence-corrected chi connectivity index (χ3v) is 3.65. The first-order valence-electron chi connectivity index (χ1n) is 7.38. The van der Waals surface area contributed by atoms with Crippen LogP contribution in [0.15, 0.2) is 48.5 Å². The van der Waals surface area contributed by atoms with Gasteiger partial charge >= 0.3 is 0 Å². The predicted molar refractivity (Wildman–Crippen MR) is 85.5 cm³/mol. The molecule has 0 unspecified atom stereocenters. The van der Waals surface area contributed by atoms with Gasteiger partial charge in [-0.05, 0) is 23.1 Å². The summed E-state index contributed by atoms with van der Waals surface area (Å²) in [6.45, 7) is 3.91. The number of hydrogen-bond acceptors (Lipinski definition) is 2. The second-order valence-electron chi connectivity index (χ2n) is 5.12. The lowest BCUT2D eigenvalue weighted by Crippen LogP contribution is -2.06. The number of carbonyl (C=O) groups is 2. The summed E-state index contributed by atoms with van der Waals surface area (Å²) in [7, 11) is 0. The SMILES string of the molecule is CCC(=O)CC(=O)c1ccc(-c2ccc(CC)cc2)cc1. The van der Waals surface area contributed by atoms with Crippen molar-refractivity contribution < 1.29 is 9.59 Å². The number of hydrogen-bond donors (Lipinski definition) is 0. The highest BCUT2D eigenvalue weighted by Gasteiger charge is 2.10. The van der Waals surface area contributed by atoms with Crippen LogP contribution in [0.5, 0.6) is 0 Å². The van der Waals surface area contributed by atoms with Crippen LogP contribution in [0.2, 0.25) is 0 Å². The fraction of sp³-hybridized carbons (Fsp3) is 0.263. The molecule has 0 aliphatic carbocycles. The highest BCUT2D eigenvalue weighted by molar-refractivity contribution is 6.08. The van der Waals surface area contributed by atoms with Crippen molar-refractivity contribution in [3.8, 4) is 11.1 Å². The fourth-order valence-corrected chi connectivity index (χ4v) is 2.19. The molecule has 0 radical (unpaired) electrons. The molecule has 0 saturated carbocycles. The van der Waals surface area contributed by atoms with E-state index in [0.29, 0.717) is 12.0 Å². The number of aryl methyl sites for hydroxylation is 1. The van der Waals surface area contributed by atoms with E-state index in [-0.39, 0.29) is 18.0 Å². The number of Topliss-reactive ketones (excluding diaryl/α,β-unsaturated/α-hetero) is 2. The van der Waals surface area contributed by atoms with Crippen molar-refractivity contribution in [2.45, 2.75) is 33.1 Å². The van der Waals surface area contributed by atoms with Crippen LogP contribution in [0.1, 0.15) is 42.6 Å². The molecule has 0 bridgehead atoms. The molecule has 108 valence electrons. The van der Waals surface area contributed by atoms with Gasteiger partial charge in [0.1, 0.15) is 5.78 Å². The van der Waals surface area contributed by atoms with Gasteiger partial charge in [-0.3, -0.25) is 9.59 Å². The normalized spacial score (nSPS) is 10.4. The molecular formula is C19H20O2. The lowest BCUT2D eigenvalue weighted by atomic mass is 9.99. The van der Waals surface area contributed by atoms with Crippen molar-refractivity contribution >= 4 is 11.6 Å². The summed E-state index contributed by atoms with van der Waals surface area (Å²) < 4.78 is 0. The van der Waals surface area contributed by atoms with E-state index in [2.05, 4.69) is 31.2 Å². The lowest BCUT2D eigenvalue weighted by Gasteiger charge is -2.05. The summed E-state index contributed by atoms with van der Waals surface area (Å²) in [5, 5.41) is 0. The molecule has 0 aromatic heterocycles. The summed E-state index contributed by atoms with van der Waals surface area (Å²) in [5.41, 5.74) is 4.13. The number of carbonyl (C=O) groups excluding carboxylic acids is 2. The monoisotopic (exact) mass is 280 g/mol. The van der Waals surface area contributed by atoms with E-state index in [1.54, 1.807) is 19.1 Å². The summed E-state index contributed by atoms with van der Waals surface area (Å²) in [4.78, 5) is 23.2. The molecule has 2 nitrogen and oxygen atoms in total. The Morgan fingerprint density at radius 1 is 0.810 bits per heavy atom. The molecule has 2 rings (SSSR count). The minimum Gasteiger partial charge on any atom is -0.299 e.